The van der Waals surface area contributed by atoms with E-state index in [9.17, 15) is 19.5 Å². The highest BCUT2D eigenvalue weighted by atomic mass is 16.6. The van der Waals surface area contributed by atoms with Gasteiger partial charge in [-0.3, -0.25) is 9.59 Å². The third kappa shape index (κ3) is 3.37. The van der Waals surface area contributed by atoms with Gasteiger partial charge < -0.3 is 14.6 Å². The summed E-state index contributed by atoms with van der Waals surface area (Å²) >= 11 is 0. The molecule has 4 aliphatic rings. The summed E-state index contributed by atoms with van der Waals surface area (Å²) in [5.74, 6) is -1.26. The lowest BCUT2D eigenvalue weighted by atomic mass is 9.35. The van der Waals surface area contributed by atoms with E-state index in [0.29, 0.717) is 18.4 Å². The molecule has 1 N–H and O–H groups in total. The SMILES string of the molecule is C/C=C(/C)C(=O)O[C@@H]1[C@@H](OC(=O)C(C)CC)[C@@H](O)[C@]2(C)[C@@H]3[C@@H]([C@H]2C(=O)C[C@H]3C)C1(C)C. The van der Waals surface area contributed by atoms with Crippen LogP contribution in [0.1, 0.15) is 68.2 Å². The van der Waals surface area contributed by atoms with E-state index in [0.717, 1.165) is 0 Å². The number of Topliss-reactive ketones (excluding diaryl/α,β-unsaturated/α-hetero) is 1. The van der Waals surface area contributed by atoms with Gasteiger partial charge in [0.1, 0.15) is 18.0 Å². The van der Waals surface area contributed by atoms with Gasteiger partial charge in [0.25, 0.3) is 0 Å². The molecule has 0 aliphatic heterocycles. The molecular formula is C25H38O6. The fraction of sp³-hybridized carbons (Fsp3) is 0.800. The first-order valence-corrected chi connectivity index (χ1v) is 11.6. The predicted octanol–water partition coefficient (Wildman–Crippen LogP) is 3.70. The number of carbonyl (C=O) groups is 3. The van der Waals surface area contributed by atoms with Crippen LogP contribution < -0.4 is 0 Å². The molecule has 4 rings (SSSR count). The minimum absolute atomic E-state index is 0.0422. The van der Waals surface area contributed by atoms with Crippen molar-refractivity contribution in [1.29, 1.82) is 0 Å². The Balaban J connectivity index is 2.10. The number of aliphatic hydroxyl groups excluding tert-OH is 1. The van der Waals surface area contributed by atoms with Gasteiger partial charge in [0.2, 0.25) is 0 Å². The van der Waals surface area contributed by atoms with Crippen LogP contribution >= 0.6 is 0 Å². The van der Waals surface area contributed by atoms with Gasteiger partial charge in [-0.1, -0.05) is 47.6 Å². The maximum absolute atomic E-state index is 13.1. The molecule has 0 saturated heterocycles. The number of carbonyl (C=O) groups excluding carboxylic acids is 3. The normalized spacial score (nSPS) is 42.2. The molecule has 4 saturated carbocycles. The van der Waals surface area contributed by atoms with Crippen LogP contribution in [0, 0.1) is 40.4 Å². The molecule has 0 aromatic rings. The number of esters is 2. The van der Waals surface area contributed by atoms with Crippen molar-refractivity contribution in [3.63, 3.8) is 0 Å². The molecule has 6 nitrogen and oxygen atoms in total. The minimum atomic E-state index is -1.09. The van der Waals surface area contributed by atoms with E-state index in [1.165, 1.54) is 0 Å². The molecule has 0 radical (unpaired) electrons. The molecule has 0 aromatic carbocycles. The van der Waals surface area contributed by atoms with Gasteiger partial charge in [-0.2, -0.15) is 0 Å². The molecule has 4 aliphatic carbocycles. The summed E-state index contributed by atoms with van der Waals surface area (Å²) in [5, 5.41) is 11.6. The fourth-order valence-corrected chi connectivity index (χ4v) is 6.65. The summed E-state index contributed by atoms with van der Waals surface area (Å²) < 4.78 is 11.9. The summed E-state index contributed by atoms with van der Waals surface area (Å²) in [5.41, 5.74) is -0.904. The Morgan fingerprint density at radius 3 is 2.35 bits per heavy atom. The van der Waals surface area contributed by atoms with Crippen LogP contribution in [0.2, 0.25) is 0 Å². The first-order chi connectivity index (χ1) is 14.3. The summed E-state index contributed by atoms with van der Waals surface area (Å²) in [4.78, 5) is 38.6. The van der Waals surface area contributed by atoms with Gasteiger partial charge in [-0.25, -0.2) is 4.79 Å². The quantitative estimate of drug-likeness (QED) is 0.524. The summed E-state index contributed by atoms with van der Waals surface area (Å²) in [6, 6.07) is 0. The number of allylic oxidation sites excluding steroid dienone is 1. The number of rotatable bonds is 5. The Morgan fingerprint density at radius 2 is 1.84 bits per heavy atom. The Morgan fingerprint density at radius 1 is 1.23 bits per heavy atom. The van der Waals surface area contributed by atoms with Crippen LogP contribution in [0.25, 0.3) is 0 Å². The molecule has 31 heavy (non-hydrogen) atoms. The lowest BCUT2D eigenvalue weighted by Gasteiger charge is -2.68. The lowest BCUT2D eigenvalue weighted by molar-refractivity contribution is -0.236. The van der Waals surface area contributed by atoms with E-state index in [4.69, 9.17) is 9.47 Å². The fourth-order valence-electron chi connectivity index (χ4n) is 6.65. The smallest absolute Gasteiger partial charge is 0.333 e. The molecule has 0 amide bonds. The summed E-state index contributed by atoms with van der Waals surface area (Å²) in [7, 11) is 0. The summed E-state index contributed by atoms with van der Waals surface area (Å²) in [6.07, 6.45) is -0.188. The predicted molar refractivity (Wildman–Crippen MR) is 116 cm³/mol. The van der Waals surface area contributed by atoms with Gasteiger partial charge >= 0.3 is 11.9 Å². The third-order valence-electron chi connectivity index (χ3n) is 8.71. The molecule has 174 valence electrons. The van der Waals surface area contributed by atoms with Crippen molar-refractivity contribution in [1.82, 2.24) is 0 Å². The Labute approximate surface area is 185 Å². The lowest BCUT2D eigenvalue weighted by Crippen LogP contribution is -2.70. The van der Waals surface area contributed by atoms with Crippen LogP contribution in [0.4, 0.5) is 0 Å². The van der Waals surface area contributed by atoms with Crippen molar-refractivity contribution >= 4 is 17.7 Å². The Kier molecular flexibility index (Phi) is 6.20. The zero-order valence-electron chi connectivity index (χ0n) is 20.1. The second kappa shape index (κ2) is 8.02. The molecule has 0 aromatic heterocycles. The number of ether oxygens (including phenoxy) is 2. The molecule has 4 fully saturated rings. The zero-order valence-corrected chi connectivity index (χ0v) is 20.1. The van der Waals surface area contributed by atoms with Crippen LogP contribution in [0.15, 0.2) is 11.6 Å². The van der Waals surface area contributed by atoms with Gasteiger partial charge in [0.15, 0.2) is 6.10 Å². The van der Waals surface area contributed by atoms with Gasteiger partial charge in [-0.15, -0.1) is 0 Å². The second-order valence-electron chi connectivity index (χ2n) is 10.8. The average Bonchev–Trinajstić information content (AvgIpc) is 2.78. The van der Waals surface area contributed by atoms with Crippen molar-refractivity contribution in [2.45, 2.75) is 86.5 Å². The minimum Gasteiger partial charge on any atom is -0.455 e. The molecule has 1 unspecified atom stereocenters. The standard InChI is InChI=1S/C25H38O6/c1-9-12(3)22(28)30-19-20(27)25(8)16-14(5)11-15(26)17(25)18(16)24(6,7)21(19)31-23(29)13(4)10-2/h10,12,14,16-21,27H,9,11H2,1-8H3/b13-10-/t12?,14-,16+,17-,18+,19+,20-,21-,25-/m1/s1. The van der Waals surface area contributed by atoms with E-state index in [2.05, 4.69) is 6.92 Å². The Hall–Kier alpha value is -1.69. The number of hydrogen-bond donors (Lipinski definition) is 1. The molecule has 0 spiro atoms. The van der Waals surface area contributed by atoms with Crippen LogP contribution in [0.3, 0.4) is 0 Å². The van der Waals surface area contributed by atoms with Crippen LogP contribution in [-0.2, 0) is 23.9 Å². The number of ketones is 1. The zero-order chi connectivity index (χ0) is 23.5. The molecular weight excluding hydrogens is 396 g/mol. The van der Waals surface area contributed by atoms with Crippen molar-refractivity contribution in [2.75, 3.05) is 0 Å². The van der Waals surface area contributed by atoms with Gasteiger partial charge in [-0.05, 0) is 38.0 Å². The van der Waals surface area contributed by atoms with E-state index in [1.807, 2.05) is 27.7 Å². The van der Waals surface area contributed by atoms with Crippen LogP contribution in [-0.4, -0.2) is 41.1 Å². The Bertz CT molecular complexity index is 798. The maximum Gasteiger partial charge on any atom is 0.333 e. The highest BCUT2D eigenvalue weighted by Crippen LogP contribution is 2.72. The molecule has 0 heterocycles. The third-order valence-corrected chi connectivity index (χ3v) is 8.71. The second-order valence-corrected chi connectivity index (χ2v) is 10.8. The van der Waals surface area contributed by atoms with Crippen molar-refractivity contribution in [3.8, 4) is 0 Å². The monoisotopic (exact) mass is 434 g/mol. The van der Waals surface area contributed by atoms with Crippen LogP contribution in [0.5, 0.6) is 0 Å². The number of hydrogen-bond acceptors (Lipinski definition) is 6. The molecule has 4 bridgehead atoms. The van der Waals surface area contributed by atoms with E-state index < -0.39 is 41.1 Å². The van der Waals surface area contributed by atoms with E-state index >= 15 is 0 Å². The summed E-state index contributed by atoms with van der Waals surface area (Å²) in [6.45, 7) is 15.1. The van der Waals surface area contributed by atoms with Crippen molar-refractivity contribution < 1.29 is 29.0 Å². The largest absolute Gasteiger partial charge is 0.455 e. The van der Waals surface area contributed by atoms with Gasteiger partial charge in [0.05, 0.1) is 5.92 Å². The molecule has 6 heteroatoms. The number of fused-ring (bicyclic) bond motifs is 3. The highest BCUT2D eigenvalue weighted by Gasteiger charge is 2.77. The van der Waals surface area contributed by atoms with Crippen molar-refractivity contribution in [2.24, 2.45) is 40.4 Å². The van der Waals surface area contributed by atoms with E-state index in [1.54, 1.807) is 26.8 Å². The maximum atomic E-state index is 13.1. The number of aliphatic hydroxyl groups is 1. The van der Waals surface area contributed by atoms with Crippen molar-refractivity contribution in [3.05, 3.63) is 11.6 Å². The van der Waals surface area contributed by atoms with Gasteiger partial charge in [0, 0.05) is 28.7 Å². The topological polar surface area (TPSA) is 89.9 Å². The first kappa shape index (κ1) is 24.0. The van der Waals surface area contributed by atoms with E-state index in [-0.39, 0.29) is 35.4 Å². The average molecular weight is 435 g/mol. The first-order valence-electron chi connectivity index (χ1n) is 11.6. The highest BCUT2D eigenvalue weighted by molar-refractivity contribution is 5.88. The molecule has 9 atom stereocenters.